The molecule has 3 rings (SSSR count). The number of hydrogen-bond donors (Lipinski definition) is 3. The third-order valence-electron chi connectivity index (χ3n) is 4.07. The molecule has 138 valence electrons. The normalized spacial score (nSPS) is 10.4. The summed E-state index contributed by atoms with van der Waals surface area (Å²) in [5.41, 5.74) is 2.89. The predicted molar refractivity (Wildman–Crippen MR) is 101 cm³/mol. The molecule has 0 fully saturated rings. The summed E-state index contributed by atoms with van der Waals surface area (Å²) in [6.45, 7) is 3.78. The van der Waals surface area contributed by atoms with E-state index in [9.17, 15) is 14.4 Å². The lowest BCUT2D eigenvalue weighted by Crippen LogP contribution is -2.27. The fourth-order valence-electron chi connectivity index (χ4n) is 2.68. The predicted octanol–water partition coefficient (Wildman–Crippen LogP) is 2.77. The molecule has 3 N–H and O–H groups in total. The zero-order valence-corrected chi connectivity index (χ0v) is 15.0. The lowest BCUT2D eigenvalue weighted by atomic mass is 10.1. The van der Waals surface area contributed by atoms with Crippen molar-refractivity contribution in [3.63, 3.8) is 0 Å². The van der Waals surface area contributed by atoms with Crippen LogP contribution < -0.4 is 16.2 Å². The molecule has 0 aliphatic carbocycles. The number of aromatic amines is 1. The van der Waals surface area contributed by atoms with Crippen molar-refractivity contribution in [1.29, 1.82) is 0 Å². The highest BCUT2D eigenvalue weighted by molar-refractivity contribution is 6.02. The molecule has 7 nitrogen and oxygen atoms in total. The Kier molecular flexibility index (Phi) is 5.21. The van der Waals surface area contributed by atoms with Gasteiger partial charge in [0.15, 0.2) is 5.76 Å². The van der Waals surface area contributed by atoms with E-state index in [1.54, 1.807) is 36.4 Å². The van der Waals surface area contributed by atoms with Crippen LogP contribution in [-0.2, 0) is 6.54 Å². The molecule has 27 heavy (non-hydrogen) atoms. The summed E-state index contributed by atoms with van der Waals surface area (Å²) in [6, 6.07) is 11.5. The van der Waals surface area contributed by atoms with Gasteiger partial charge in [-0.3, -0.25) is 14.4 Å². The molecule has 0 atom stereocenters. The standard InChI is InChI=1S/C20H19N3O4/c1-12-10-13(2)22-19(25)16(12)11-21-18(24)14-5-7-15(8-6-14)23-20(26)17-4-3-9-27-17/h3-10H,11H2,1-2H3,(H,21,24)(H,22,25)(H,23,26). The lowest BCUT2D eigenvalue weighted by Gasteiger charge is -2.09. The van der Waals surface area contributed by atoms with Crippen molar-refractivity contribution in [3.05, 3.63) is 87.2 Å². The molecular weight excluding hydrogens is 346 g/mol. The third kappa shape index (κ3) is 4.33. The van der Waals surface area contributed by atoms with Crippen LogP contribution in [0.1, 0.15) is 37.7 Å². The van der Waals surface area contributed by atoms with Gasteiger partial charge >= 0.3 is 0 Å². The maximum absolute atomic E-state index is 12.3. The van der Waals surface area contributed by atoms with Gasteiger partial charge in [0.25, 0.3) is 17.4 Å². The first-order valence-electron chi connectivity index (χ1n) is 8.36. The second-order valence-electron chi connectivity index (χ2n) is 6.13. The van der Waals surface area contributed by atoms with Gasteiger partial charge in [-0.15, -0.1) is 0 Å². The number of anilines is 1. The number of benzene rings is 1. The van der Waals surface area contributed by atoms with Crippen LogP contribution in [0.5, 0.6) is 0 Å². The highest BCUT2D eigenvalue weighted by Gasteiger charge is 2.11. The van der Waals surface area contributed by atoms with E-state index in [4.69, 9.17) is 4.42 Å². The first kappa shape index (κ1) is 18.2. The Labute approximate surface area is 155 Å². The van der Waals surface area contributed by atoms with Crippen molar-refractivity contribution in [2.45, 2.75) is 20.4 Å². The summed E-state index contributed by atoms with van der Waals surface area (Å²) in [5, 5.41) is 5.42. The molecule has 0 radical (unpaired) electrons. The SMILES string of the molecule is Cc1cc(C)c(CNC(=O)c2ccc(NC(=O)c3ccco3)cc2)c(=O)[nH]1. The van der Waals surface area contributed by atoms with Crippen molar-refractivity contribution in [3.8, 4) is 0 Å². The fraction of sp³-hybridized carbons (Fsp3) is 0.150. The molecule has 7 heteroatoms. The van der Waals surface area contributed by atoms with Gasteiger partial charge in [-0.1, -0.05) is 0 Å². The molecule has 2 heterocycles. The average Bonchev–Trinajstić information content (AvgIpc) is 3.16. The highest BCUT2D eigenvalue weighted by Crippen LogP contribution is 2.12. The van der Waals surface area contributed by atoms with Crippen LogP contribution in [0, 0.1) is 13.8 Å². The number of amides is 2. The quantitative estimate of drug-likeness (QED) is 0.647. The van der Waals surface area contributed by atoms with Crippen LogP contribution in [-0.4, -0.2) is 16.8 Å². The van der Waals surface area contributed by atoms with Crippen LogP contribution in [0.2, 0.25) is 0 Å². The summed E-state index contributed by atoms with van der Waals surface area (Å²) in [4.78, 5) is 39.0. The number of aryl methyl sites for hydroxylation is 2. The third-order valence-corrected chi connectivity index (χ3v) is 4.07. The molecule has 2 aromatic heterocycles. The van der Waals surface area contributed by atoms with E-state index in [1.165, 1.54) is 6.26 Å². The summed E-state index contributed by atoms with van der Waals surface area (Å²) >= 11 is 0. The Bertz CT molecular complexity index is 1020. The van der Waals surface area contributed by atoms with E-state index in [2.05, 4.69) is 15.6 Å². The number of furan rings is 1. The molecule has 2 amide bonds. The van der Waals surface area contributed by atoms with Crippen molar-refractivity contribution in [1.82, 2.24) is 10.3 Å². The number of H-pyrrole nitrogens is 1. The molecule has 3 aromatic rings. The van der Waals surface area contributed by atoms with Crippen molar-refractivity contribution in [2.24, 2.45) is 0 Å². The molecular formula is C20H19N3O4. The van der Waals surface area contributed by atoms with Crippen molar-refractivity contribution >= 4 is 17.5 Å². The topological polar surface area (TPSA) is 104 Å². The van der Waals surface area contributed by atoms with Gasteiger partial charge in [-0.2, -0.15) is 0 Å². The zero-order chi connectivity index (χ0) is 19.4. The fourth-order valence-corrected chi connectivity index (χ4v) is 2.68. The molecule has 1 aromatic carbocycles. The van der Waals surface area contributed by atoms with Crippen LogP contribution in [0.15, 0.2) is 57.9 Å². The summed E-state index contributed by atoms with van der Waals surface area (Å²) < 4.78 is 5.03. The van der Waals surface area contributed by atoms with Gasteiger partial charge in [-0.05, 0) is 61.9 Å². The molecule has 0 saturated carbocycles. The molecule has 0 saturated heterocycles. The number of aromatic nitrogens is 1. The van der Waals surface area contributed by atoms with Crippen LogP contribution >= 0.6 is 0 Å². The van der Waals surface area contributed by atoms with Crippen LogP contribution in [0.25, 0.3) is 0 Å². The molecule has 0 aliphatic rings. The maximum atomic E-state index is 12.3. The molecule has 0 unspecified atom stereocenters. The molecule has 0 spiro atoms. The Morgan fingerprint density at radius 2 is 1.81 bits per heavy atom. The van der Waals surface area contributed by atoms with Crippen LogP contribution in [0.3, 0.4) is 0 Å². The van der Waals surface area contributed by atoms with Gasteiger partial charge in [0.05, 0.1) is 6.26 Å². The average molecular weight is 365 g/mol. The van der Waals surface area contributed by atoms with Gasteiger partial charge in [0.2, 0.25) is 0 Å². The second-order valence-corrected chi connectivity index (χ2v) is 6.13. The van der Waals surface area contributed by atoms with E-state index in [0.29, 0.717) is 16.8 Å². The van der Waals surface area contributed by atoms with Gasteiger partial charge < -0.3 is 20.0 Å². The van der Waals surface area contributed by atoms with Gasteiger partial charge in [0.1, 0.15) is 0 Å². The summed E-state index contributed by atoms with van der Waals surface area (Å²) in [6.07, 6.45) is 1.42. The minimum Gasteiger partial charge on any atom is -0.459 e. The number of carbonyl (C=O) groups excluding carboxylic acids is 2. The van der Waals surface area contributed by atoms with Gasteiger partial charge in [-0.25, -0.2) is 0 Å². The number of carbonyl (C=O) groups is 2. The van der Waals surface area contributed by atoms with E-state index in [1.807, 2.05) is 19.9 Å². The molecule has 0 bridgehead atoms. The minimum atomic E-state index is -0.369. The Morgan fingerprint density at radius 1 is 1.07 bits per heavy atom. The number of pyridine rings is 1. The minimum absolute atomic E-state index is 0.136. The van der Waals surface area contributed by atoms with E-state index in [0.717, 1.165) is 11.3 Å². The van der Waals surface area contributed by atoms with Crippen molar-refractivity contribution in [2.75, 3.05) is 5.32 Å². The Morgan fingerprint density at radius 3 is 2.44 bits per heavy atom. The lowest BCUT2D eigenvalue weighted by molar-refractivity contribution is 0.0950. The second kappa shape index (κ2) is 7.74. The van der Waals surface area contributed by atoms with Crippen LogP contribution in [0.4, 0.5) is 5.69 Å². The van der Waals surface area contributed by atoms with E-state index in [-0.39, 0.29) is 29.7 Å². The van der Waals surface area contributed by atoms with E-state index < -0.39 is 0 Å². The smallest absolute Gasteiger partial charge is 0.291 e. The maximum Gasteiger partial charge on any atom is 0.291 e. The zero-order valence-electron chi connectivity index (χ0n) is 15.0. The Balaban J connectivity index is 1.62. The summed E-state index contributed by atoms with van der Waals surface area (Å²) in [7, 11) is 0. The monoisotopic (exact) mass is 365 g/mol. The van der Waals surface area contributed by atoms with Crippen molar-refractivity contribution < 1.29 is 14.0 Å². The first-order chi connectivity index (χ1) is 12.9. The summed E-state index contributed by atoms with van der Waals surface area (Å²) in [5.74, 6) is -0.472. The van der Waals surface area contributed by atoms with Gasteiger partial charge in [0, 0.05) is 29.1 Å². The largest absolute Gasteiger partial charge is 0.459 e. The number of rotatable bonds is 5. The Hall–Kier alpha value is -3.61. The number of nitrogens with one attached hydrogen (secondary N) is 3. The van der Waals surface area contributed by atoms with E-state index >= 15 is 0 Å². The highest BCUT2D eigenvalue weighted by atomic mass is 16.3. The molecule has 0 aliphatic heterocycles. The first-order valence-corrected chi connectivity index (χ1v) is 8.36. The number of hydrogen-bond acceptors (Lipinski definition) is 4.